The minimum absolute atomic E-state index is 0.0225. The Bertz CT molecular complexity index is 942. The van der Waals surface area contributed by atoms with Gasteiger partial charge >= 0.3 is 0 Å². The van der Waals surface area contributed by atoms with Crippen LogP contribution in [0.1, 0.15) is 30.7 Å². The number of hydrogen-bond acceptors (Lipinski definition) is 6. The molecule has 0 radical (unpaired) electrons. The Labute approximate surface area is 158 Å². The summed E-state index contributed by atoms with van der Waals surface area (Å²) in [7, 11) is 3.11. The minimum atomic E-state index is -1.58. The van der Waals surface area contributed by atoms with E-state index in [1.54, 1.807) is 20.3 Å². The molecule has 0 saturated heterocycles. The molecule has 6 heteroatoms. The molecule has 0 aromatic heterocycles. The van der Waals surface area contributed by atoms with E-state index in [-0.39, 0.29) is 23.1 Å². The van der Waals surface area contributed by atoms with Crippen molar-refractivity contribution < 1.29 is 9.47 Å². The molecule has 2 aliphatic carbocycles. The zero-order valence-corrected chi connectivity index (χ0v) is 15.3. The van der Waals surface area contributed by atoms with Crippen molar-refractivity contribution in [3.63, 3.8) is 0 Å². The second-order valence-corrected chi connectivity index (χ2v) is 6.67. The smallest absolute Gasteiger partial charge is 0.204 e. The van der Waals surface area contributed by atoms with Gasteiger partial charge in [-0.1, -0.05) is 18.2 Å². The number of allylic oxidation sites excluding steroid dienone is 3. The Kier molecular flexibility index (Phi) is 4.80. The van der Waals surface area contributed by atoms with Gasteiger partial charge in [0.05, 0.1) is 43.7 Å². The first-order chi connectivity index (χ1) is 13.1. The normalized spacial score (nSPS) is 23.1. The molecule has 0 fully saturated rings. The van der Waals surface area contributed by atoms with Crippen molar-refractivity contribution in [1.29, 1.82) is 15.8 Å². The van der Waals surface area contributed by atoms with Gasteiger partial charge in [-0.2, -0.15) is 15.8 Å². The van der Waals surface area contributed by atoms with Crippen LogP contribution in [0.4, 0.5) is 0 Å². The maximum atomic E-state index is 9.90. The molecule has 3 rings (SSSR count). The summed E-state index contributed by atoms with van der Waals surface area (Å²) in [6.45, 7) is 0. The molecule has 0 bridgehead atoms. The SMILES string of the molecule is COc1cccc([C@@H]2C(C#N)=C(N)C(C#N)(C#N)C3=CCCC[C@H]32)c1OC. The number of ether oxygens (including phenoxy) is 2. The van der Waals surface area contributed by atoms with E-state index in [2.05, 4.69) is 18.2 Å². The zero-order chi connectivity index (χ0) is 19.6. The molecule has 0 amide bonds. The molecule has 6 nitrogen and oxygen atoms in total. The van der Waals surface area contributed by atoms with Gasteiger partial charge in [0.15, 0.2) is 11.5 Å². The highest BCUT2D eigenvalue weighted by atomic mass is 16.5. The molecule has 2 N–H and O–H groups in total. The third-order valence-corrected chi connectivity index (χ3v) is 5.55. The van der Waals surface area contributed by atoms with E-state index in [1.165, 1.54) is 0 Å². The van der Waals surface area contributed by atoms with E-state index in [4.69, 9.17) is 15.2 Å². The van der Waals surface area contributed by atoms with E-state index in [0.29, 0.717) is 17.1 Å². The van der Waals surface area contributed by atoms with Crippen molar-refractivity contribution in [2.75, 3.05) is 14.2 Å². The van der Waals surface area contributed by atoms with E-state index >= 15 is 0 Å². The van der Waals surface area contributed by atoms with Crippen LogP contribution in [0.3, 0.4) is 0 Å². The average molecular weight is 360 g/mol. The Morgan fingerprint density at radius 3 is 2.48 bits per heavy atom. The van der Waals surface area contributed by atoms with Gasteiger partial charge in [0.25, 0.3) is 0 Å². The van der Waals surface area contributed by atoms with Crippen LogP contribution >= 0.6 is 0 Å². The van der Waals surface area contributed by atoms with E-state index in [9.17, 15) is 15.8 Å². The topological polar surface area (TPSA) is 116 Å². The number of rotatable bonds is 3. The van der Waals surface area contributed by atoms with Gasteiger partial charge in [0.1, 0.15) is 0 Å². The highest BCUT2D eigenvalue weighted by Gasteiger charge is 2.52. The van der Waals surface area contributed by atoms with Gasteiger partial charge in [-0.15, -0.1) is 0 Å². The maximum absolute atomic E-state index is 9.90. The Hall–Kier alpha value is -3.43. The number of nitrogens with zero attached hydrogens (tertiary/aromatic N) is 3. The van der Waals surface area contributed by atoms with Crippen LogP contribution in [0, 0.1) is 45.3 Å². The molecule has 0 spiro atoms. The van der Waals surface area contributed by atoms with Crippen molar-refractivity contribution in [3.8, 4) is 29.7 Å². The zero-order valence-electron chi connectivity index (χ0n) is 15.3. The minimum Gasteiger partial charge on any atom is -0.493 e. The molecular formula is C21H20N4O2. The highest BCUT2D eigenvalue weighted by molar-refractivity contribution is 5.61. The van der Waals surface area contributed by atoms with Gasteiger partial charge in [-0.25, -0.2) is 0 Å². The monoisotopic (exact) mass is 360 g/mol. The number of hydrogen-bond donors (Lipinski definition) is 1. The van der Waals surface area contributed by atoms with Crippen molar-refractivity contribution in [2.24, 2.45) is 17.1 Å². The van der Waals surface area contributed by atoms with E-state index < -0.39 is 5.41 Å². The van der Waals surface area contributed by atoms with Crippen LogP contribution < -0.4 is 15.2 Å². The molecule has 0 saturated carbocycles. The molecule has 1 aromatic carbocycles. The van der Waals surface area contributed by atoms with Crippen molar-refractivity contribution in [3.05, 3.63) is 46.7 Å². The second-order valence-electron chi connectivity index (χ2n) is 6.67. The Morgan fingerprint density at radius 2 is 1.89 bits per heavy atom. The summed E-state index contributed by atoms with van der Waals surface area (Å²) in [5.74, 6) is 0.545. The van der Waals surface area contributed by atoms with Crippen LogP contribution in [0.2, 0.25) is 0 Å². The van der Waals surface area contributed by atoms with Crippen molar-refractivity contribution >= 4 is 0 Å². The average Bonchev–Trinajstić information content (AvgIpc) is 2.72. The van der Waals surface area contributed by atoms with Gasteiger partial charge in [0.2, 0.25) is 5.41 Å². The quantitative estimate of drug-likeness (QED) is 0.827. The molecule has 0 unspecified atom stereocenters. The lowest BCUT2D eigenvalue weighted by molar-refractivity contribution is 0.339. The largest absolute Gasteiger partial charge is 0.493 e. The van der Waals surface area contributed by atoms with E-state index in [1.807, 2.05) is 18.2 Å². The summed E-state index contributed by atoms with van der Waals surface area (Å²) < 4.78 is 11.0. The summed E-state index contributed by atoms with van der Waals surface area (Å²) in [5, 5.41) is 29.5. The summed E-state index contributed by atoms with van der Waals surface area (Å²) in [6.07, 6.45) is 4.41. The molecule has 27 heavy (non-hydrogen) atoms. The molecule has 2 atom stereocenters. The van der Waals surface area contributed by atoms with Gasteiger partial charge in [-0.05, 0) is 36.8 Å². The Morgan fingerprint density at radius 1 is 1.15 bits per heavy atom. The van der Waals surface area contributed by atoms with Crippen molar-refractivity contribution in [2.45, 2.75) is 25.2 Å². The third kappa shape index (κ3) is 2.52. The number of nitriles is 3. The lowest BCUT2D eigenvalue weighted by Crippen LogP contribution is -2.40. The first-order valence-corrected chi connectivity index (χ1v) is 8.73. The lowest BCUT2D eigenvalue weighted by atomic mass is 9.58. The first kappa shape index (κ1) is 18.4. The Balaban J connectivity index is 2.35. The summed E-state index contributed by atoms with van der Waals surface area (Å²) in [4.78, 5) is 0. The second kappa shape index (κ2) is 7.06. The van der Waals surface area contributed by atoms with Crippen LogP contribution in [0.5, 0.6) is 11.5 Å². The molecule has 2 aliphatic rings. The standard InChI is InChI=1S/C21H20N4O2/c1-26-17-9-5-7-14(19(17)27-2)18-13-6-3-4-8-16(13)21(11-23,12-24)20(25)15(18)10-22/h5,7-9,13,18H,3-4,6,25H2,1-2H3/t13-,18-/m1/s1. The number of methoxy groups -OCH3 is 2. The summed E-state index contributed by atoms with van der Waals surface area (Å²) >= 11 is 0. The summed E-state index contributed by atoms with van der Waals surface area (Å²) in [6, 6.07) is 11.9. The molecule has 0 aliphatic heterocycles. The van der Waals surface area contributed by atoms with Crippen LogP contribution in [0.25, 0.3) is 0 Å². The number of fused-ring (bicyclic) bond motifs is 1. The van der Waals surface area contributed by atoms with Crippen LogP contribution in [-0.4, -0.2) is 14.2 Å². The molecule has 0 heterocycles. The molecule has 1 aromatic rings. The fraction of sp³-hybridized carbons (Fsp3) is 0.381. The van der Waals surface area contributed by atoms with Crippen LogP contribution in [-0.2, 0) is 0 Å². The van der Waals surface area contributed by atoms with Gasteiger partial charge in [-0.3, -0.25) is 0 Å². The third-order valence-electron chi connectivity index (χ3n) is 5.55. The van der Waals surface area contributed by atoms with Gasteiger partial charge in [0, 0.05) is 11.5 Å². The van der Waals surface area contributed by atoms with E-state index in [0.717, 1.165) is 24.8 Å². The maximum Gasteiger partial charge on any atom is 0.204 e. The predicted molar refractivity (Wildman–Crippen MR) is 98.2 cm³/mol. The predicted octanol–water partition coefficient (Wildman–Crippen LogP) is 3.30. The fourth-order valence-corrected chi connectivity index (χ4v) is 4.34. The van der Waals surface area contributed by atoms with Crippen molar-refractivity contribution in [1.82, 2.24) is 0 Å². The fourth-order valence-electron chi connectivity index (χ4n) is 4.34. The molecule has 136 valence electrons. The first-order valence-electron chi connectivity index (χ1n) is 8.73. The number of para-hydroxylation sites is 1. The van der Waals surface area contributed by atoms with Crippen LogP contribution in [0.15, 0.2) is 41.1 Å². The summed E-state index contributed by atoms with van der Waals surface area (Å²) in [5.41, 5.74) is 6.46. The number of nitrogens with two attached hydrogens (primary N) is 1. The van der Waals surface area contributed by atoms with Gasteiger partial charge < -0.3 is 15.2 Å². The highest BCUT2D eigenvalue weighted by Crippen LogP contribution is 2.56. The lowest BCUT2D eigenvalue weighted by Gasteiger charge is -2.42. The number of benzene rings is 1. The molecular weight excluding hydrogens is 340 g/mol.